The normalized spacial score (nSPS) is 29.2. The lowest BCUT2D eigenvalue weighted by atomic mass is 9.66. The number of fused-ring (bicyclic) bond motifs is 2. The summed E-state index contributed by atoms with van der Waals surface area (Å²) < 4.78 is 34.3. The van der Waals surface area contributed by atoms with E-state index >= 15 is 0 Å². The minimum atomic E-state index is -4.11. The second kappa shape index (κ2) is 6.87. The first-order valence-electron chi connectivity index (χ1n) is 7.49. The first kappa shape index (κ1) is 16.4. The highest BCUT2D eigenvalue weighted by molar-refractivity contribution is 7.85. The van der Waals surface area contributed by atoms with Gasteiger partial charge in [-0.15, -0.1) is 0 Å². The Bertz CT molecular complexity index is 498. The summed E-state index contributed by atoms with van der Waals surface area (Å²) >= 11 is 0. The van der Waals surface area contributed by atoms with E-state index in [9.17, 15) is 18.0 Å². The predicted octanol–water partition coefficient (Wildman–Crippen LogP) is 1.59. The molecule has 3 atom stereocenters. The number of hydrogen-bond acceptors (Lipinski definition) is 5. The van der Waals surface area contributed by atoms with E-state index in [1.807, 2.05) is 0 Å². The highest BCUT2D eigenvalue weighted by Gasteiger charge is 2.38. The molecular weight excluding hydrogens is 296 g/mol. The Morgan fingerprint density at radius 2 is 2.05 bits per heavy atom. The van der Waals surface area contributed by atoms with Gasteiger partial charge in [-0.05, 0) is 31.6 Å². The fourth-order valence-corrected chi connectivity index (χ4v) is 3.79. The van der Waals surface area contributed by atoms with Crippen LogP contribution in [0, 0.1) is 17.8 Å². The zero-order valence-electron chi connectivity index (χ0n) is 12.0. The van der Waals surface area contributed by atoms with Gasteiger partial charge in [-0.2, -0.15) is 8.42 Å². The Morgan fingerprint density at radius 3 is 2.76 bits per heavy atom. The molecule has 0 spiro atoms. The Balaban J connectivity index is 1.72. The van der Waals surface area contributed by atoms with Crippen molar-refractivity contribution in [1.29, 1.82) is 0 Å². The molecule has 0 radical (unpaired) electrons. The first-order chi connectivity index (χ1) is 9.85. The third kappa shape index (κ3) is 5.07. The number of ether oxygens (including phenoxy) is 1. The van der Waals surface area contributed by atoms with Crippen molar-refractivity contribution in [2.45, 2.75) is 44.9 Å². The number of hydrogen-bond donors (Lipinski definition) is 1. The quantitative estimate of drug-likeness (QED) is 0.590. The van der Waals surface area contributed by atoms with Crippen molar-refractivity contribution in [2.24, 2.45) is 17.8 Å². The van der Waals surface area contributed by atoms with Crippen molar-refractivity contribution < 1.29 is 27.3 Å². The molecule has 2 unspecified atom stereocenters. The van der Waals surface area contributed by atoms with Gasteiger partial charge in [0.25, 0.3) is 10.1 Å². The minimum Gasteiger partial charge on any atom is -0.464 e. The van der Waals surface area contributed by atoms with Gasteiger partial charge in [-0.3, -0.25) is 14.1 Å². The maximum atomic E-state index is 12.2. The van der Waals surface area contributed by atoms with E-state index in [0.29, 0.717) is 12.3 Å². The predicted molar refractivity (Wildman–Crippen MR) is 75.2 cm³/mol. The molecule has 0 aromatic rings. The molecule has 2 fully saturated rings. The molecule has 21 heavy (non-hydrogen) atoms. The van der Waals surface area contributed by atoms with Gasteiger partial charge in [0, 0.05) is 18.3 Å². The molecule has 0 heterocycles. The van der Waals surface area contributed by atoms with Crippen LogP contribution in [0.2, 0.25) is 0 Å². The van der Waals surface area contributed by atoms with E-state index < -0.39 is 21.8 Å². The van der Waals surface area contributed by atoms with Crippen LogP contribution in [0.1, 0.15) is 44.9 Å². The van der Waals surface area contributed by atoms with Crippen LogP contribution in [-0.4, -0.2) is 37.1 Å². The largest absolute Gasteiger partial charge is 0.464 e. The van der Waals surface area contributed by atoms with Gasteiger partial charge in [-0.1, -0.05) is 12.8 Å². The van der Waals surface area contributed by atoms with Gasteiger partial charge in [0.2, 0.25) is 0 Å². The topological polar surface area (TPSA) is 97.7 Å². The Hall–Kier alpha value is -0.950. The van der Waals surface area contributed by atoms with E-state index in [0.717, 1.165) is 25.7 Å². The molecule has 2 aliphatic rings. The molecule has 0 amide bonds. The van der Waals surface area contributed by atoms with Crippen LogP contribution >= 0.6 is 0 Å². The first-order valence-corrected chi connectivity index (χ1v) is 9.10. The van der Waals surface area contributed by atoms with Gasteiger partial charge < -0.3 is 4.74 Å². The van der Waals surface area contributed by atoms with Crippen LogP contribution in [-0.2, 0) is 24.4 Å². The van der Waals surface area contributed by atoms with Crippen molar-refractivity contribution >= 4 is 21.9 Å². The second-order valence-electron chi connectivity index (χ2n) is 6.11. The van der Waals surface area contributed by atoms with Gasteiger partial charge in [0.1, 0.15) is 18.1 Å². The minimum absolute atomic E-state index is 0.0526. The number of rotatable bonds is 6. The van der Waals surface area contributed by atoms with Crippen molar-refractivity contribution in [3.63, 3.8) is 0 Å². The summed E-state index contributed by atoms with van der Waals surface area (Å²) in [4.78, 5) is 23.7. The van der Waals surface area contributed by atoms with Gasteiger partial charge in [0.05, 0.1) is 0 Å². The van der Waals surface area contributed by atoms with E-state index in [-0.39, 0.29) is 30.6 Å². The number of ketones is 1. The average Bonchev–Trinajstić information content (AvgIpc) is 2.40. The van der Waals surface area contributed by atoms with Crippen LogP contribution in [0.5, 0.6) is 0 Å². The molecule has 6 nitrogen and oxygen atoms in total. The lowest BCUT2D eigenvalue weighted by Crippen LogP contribution is -2.36. The van der Waals surface area contributed by atoms with E-state index in [1.165, 1.54) is 6.42 Å². The SMILES string of the molecule is O=C(CC[C@H]1CC2CCCC(C2)C1=O)OCCS(=O)(=O)O. The zero-order valence-corrected chi connectivity index (χ0v) is 12.8. The van der Waals surface area contributed by atoms with Crippen molar-refractivity contribution in [1.82, 2.24) is 0 Å². The Labute approximate surface area is 125 Å². The fraction of sp³-hybridized carbons (Fsp3) is 0.857. The highest BCUT2D eigenvalue weighted by Crippen LogP contribution is 2.41. The summed E-state index contributed by atoms with van der Waals surface area (Å²) in [6.45, 7) is -0.346. The molecule has 0 saturated heterocycles. The van der Waals surface area contributed by atoms with Crippen molar-refractivity contribution in [3.8, 4) is 0 Å². The molecule has 0 aromatic carbocycles. The summed E-state index contributed by atoms with van der Waals surface area (Å²) in [6, 6.07) is 0. The highest BCUT2D eigenvalue weighted by atomic mass is 32.2. The Kier molecular flexibility index (Phi) is 5.37. The number of carbonyl (C=O) groups is 2. The number of esters is 1. The molecule has 0 aliphatic heterocycles. The maximum absolute atomic E-state index is 12.2. The monoisotopic (exact) mass is 318 g/mol. The van der Waals surface area contributed by atoms with E-state index in [2.05, 4.69) is 0 Å². The molecule has 2 rings (SSSR count). The summed E-state index contributed by atoms with van der Waals surface area (Å²) in [7, 11) is -4.11. The average molecular weight is 318 g/mol. The summed E-state index contributed by atoms with van der Waals surface area (Å²) in [6.07, 6.45) is 5.77. The molecule has 120 valence electrons. The van der Waals surface area contributed by atoms with Gasteiger partial charge >= 0.3 is 5.97 Å². The molecule has 2 bridgehead atoms. The van der Waals surface area contributed by atoms with Crippen LogP contribution in [0.3, 0.4) is 0 Å². The standard InChI is InChI=1S/C14H22O6S/c15-13(20-6-7-21(17,18)19)5-4-12-9-10-2-1-3-11(8-10)14(12)16/h10-12H,1-9H2,(H,17,18,19)/t10?,11?,12-/m0/s1. The second-order valence-corrected chi connectivity index (χ2v) is 7.68. The van der Waals surface area contributed by atoms with E-state index in [4.69, 9.17) is 9.29 Å². The number of Topliss-reactive ketones (excluding diaryl/α,β-unsaturated/α-hetero) is 1. The lowest BCUT2D eigenvalue weighted by Gasteiger charge is -2.37. The molecule has 1 N–H and O–H groups in total. The summed E-state index contributed by atoms with van der Waals surface area (Å²) in [5, 5.41) is 0. The fourth-order valence-electron chi connectivity index (χ4n) is 3.50. The third-order valence-electron chi connectivity index (χ3n) is 4.51. The summed E-state index contributed by atoms with van der Waals surface area (Å²) in [5.41, 5.74) is 0. The van der Waals surface area contributed by atoms with Crippen LogP contribution in [0.4, 0.5) is 0 Å². The lowest BCUT2D eigenvalue weighted by molar-refractivity contribution is -0.144. The Morgan fingerprint density at radius 1 is 1.29 bits per heavy atom. The summed E-state index contributed by atoms with van der Waals surface area (Å²) in [5.74, 6) is -0.0762. The molecular formula is C14H22O6S. The van der Waals surface area contributed by atoms with Crippen molar-refractivity contribution in [3.05, 3.63) is 0 Å². The molecule has 2 aliphatic carbocycles. The molecule has 0 aromatic heterocycles. The van der Waals surface area contributed by atoms with Gasteiger partial charge in [-0.25, -0.2) is 0 Å². The van der Waals surface area contributed by atoms with Crippen LogP contribution in [0.15, 0.2) is 0 Å². The zero-order chi connectivity index (χ0) is 15.5. The van der Waals surface area contributed by atoms with Crippen molar-refractivity contribution in [2.75, 3.05) is 12.4 Å². The van der Waals surface area contributed by atoms with Gasteiger partial charge in [0.15, 0.2) is 0 Å². The number of carbonyl (C=O) groups excluding carboxylic acids is 2. The smallest absolute Gasteiger partial charge is 0.305 e. The third-order valence-corrected chi connectivity index (χ3v) is 5.19. The van der Waals surface area contributed by atoms with Crippen LogP contribution < -0.4 is 0 Å². The maximum Gasteiger partial charge on any atom is 0.305 e. The molecule has 2 saturated carbocycles. The molecule has 7 heteroatoms. The van der Waals surface area contributed by atoms with E-state index in [1.54, 1.807) is 0 Å². The van der Waals surface area contributed by atoms with Crippen LogP contribution in [0.25, 0.3) is 0 Å².